The zero-order valence-electron chi connectivity index (χ0n) is 16.0. The largest absolute Gasteiger partial charge is 0.444 e. The summed E-state index contributed by atoms with van der Waals surface area (Å²) in [5.41, 5.74) is 7.74. The monoisotopic (exact) mass is 383 g/mol. The fourth-order valence-corrected chi connectivity index (χ4v) is 2.37. The molecule has 0 aliphatic carbocycles. The lowest BCUT2D eigenvalue weighted by Crippen LogP contribution is -2.45. The van der Waals surface area contributed by atoms with Gasteiger partial charge in [-0.15, -0.1) is 0 Å². The second-order valence-corrected chi connectivity index (χ2v) is 7.15. The molecule has 7 nitrogen and oxygen atoms in total. The van der Waals surface area contributed by atoms with Crippen LogP contribution in [0.25, 0.3) is 10.4 Å². The summed E-state index contributed by atoms with van der Waals surface area (Å²) in [4.78, 5) is 14.7. The van der Waals surface area contributed by atoms with Crippen LogP contribution in [0.1, 0.15) is 39.2 Å². The highest BCUT2D eigenvalue weighted by atomic mass is 19.1. The maximum absolute atomic E-state index is 13.9. The molecule has 27 heavy (non-hydrogen) atoms. The Morgan fingerprint density at radius 3 is 2.74 bits per heavy atom. The number of alkyl carbamates (subject to hydrolysis) is 1. The lowest BCUT2D eigenvalue weighted by atomic mass is 10.0. The third-order valence-corrected chi connectivity index (χ3v) is 3.51. The Morgan fingerprint density at radius 1 is 1.33 bits per heavy atom. The fraction of sp³-hybridized carbons (Fsp3) is 0.611. The Balaban J connectivity index is 2.64. The van der Waals surface area contributed by atoms with Crippen LogP contribution in [0.4, 0.5) is 13.6 Å². The average molecular weight is 383 g/mol. The van der Waals surface area contributed by atoms with Gasteiger partial charge in [0.1, 0.15) is 17.2 Å². The second kappa shape index (κ2) is 11.4. The number of halogens is 2. The topological polar surface area (TPSA) is 99.1 Å². The van der Waals surface area contributed by atoms with Gasteiger partial charge in [-0.25, -0.2) is 13.6 Å². The number of unbranched alkanes of at least 4 members (excludes halogenated alkanes) is 1. The summed E-state index contributed by atoms with van der Waals surface area (Å²) in [6, 6.07) is 2.77. The van der Waals surface area contributed by atoms with Crippen LogP contribution in [-0.2, 0) is 11.2 Å². The zero-order chi connectivity index (χ0) is 20.3. The van der Waals surface area contributed by atoms with Gasteiger partial charge >= 0.3 is 6.09 Å². The van der Waals surface area contributed by atoms with E-state index in [2.05, 4.69) is 20.7 Å². The predicted octanol–water partition coefficient (Wildman–Crippen LogP) is 4.08. The summed E-state index contributed by atoms with van der Waals surface area (Å²) in [6.45, 7) is 6.66. The van der Waals surface area contributed by atoms with Crippen molar-refractivity contribution < 1.29 is 18.3 Å². The van der Waals surface area contributed by atoms with E-state index in [0.29, 0.717) is 19.6 Å². The third kappa shape index (κ3) is 10.4. The summed E-state index contributed by atoms with van der Waals surface area (Å²) in [5, 5.41) is 9.32. The number of rotatable bonds is 10. The molecule has 0 heterocycles. The number of hydrogen-bond donors (Lipinski definition) is 2. The molecule has 1 atom stereocenters. The summed E-state index contributed by atoms with van der Waals surface area (Å²) >= 11 is 0. The van der Waals surface area contributed by atoms with Gasteiger partial charge in [0.2, 0.25) is 0 Å². The molecule has 9 heteroatoms. The molecule has 150 valence electrons. The molecule has 0 fully saturated rings. The normalized spacial score (nSPS) is 12.2. The lowest BCUT2D eigenvalue weighted by molar-refractivity contribution is 0.0503. The van der Waals surface area contributed by atoms with Crippen LogP contribution in [0.15, 0.2) is 23.3 Å². The van der Waals surface area contributed by atoms with E-state index in [9.17, 15) is 13.6 Å². The number of ether oxygens (including phenoxy) is 1. The van der Waals surface area contributed by atoms with Gasteiger partial charge in [-0.2, -0.15) is 0 Å². The van der Waals surface area contributed by atoms with E-state index in [1.807, 2.05) is 0 Å². The smallest absolute Gasteiger partial charge is 0.407 e. The number of carbonyl (C=O) groups excluding carboxylic acids is 1. The first kappa shape index (κ1) is 22.7. The highest BCUT2D eigenvalue weighted by Crippen LogP contribution is 2.13. The molecule has 1 aromatic carbocycles. The van der Waals surface area contributed by atoms with Gasteiger partial charge in [-0.3, -0.25) is 0 Å². The van der Waals surface area contributed by atoms with Gasteiger partial charge in [-0.1, -0.05) is 5.11 Å². The molecule has 0 aliphatic heterocycles. The van der Waals surface area contributed by atoms with Crippen molar-refractivity contribution in [1.29, 1.82) is 0 Å². The van der Waals surface area contributed by atoms with Gasteiger partial charge in [0.25, 0.3) is 0 Å². The van der Waals surface area contributed by atoms with Gasteiger partial charge in [0.05, 0.1) is 0 Å². The predicted molar refractivity (Wildman–Crippen MR) is 99.3 cm³/mol. The summed E-state index contributed by atoms with van der Waals surface area (Å²) in [7, 11) is 0. The second-order valence-electron chi connectivity index (χ2n) is 7.15. The van der Waals surface area contributed by atoms with Crippen molar-refractivity contribution in [2.45, 2.75) is 51.7 Å². The highest BCUT2D eigenvalue weighted by Gasteiger charge is 2.20. The van der Waals surface area contributed by atoms with Crippen LogP contribution >= 0.6 is 0 Å². The summed E-state index contributed by atoms with van der Waals surface area (Å²) in [5.74, 6) is -1.06. The van der Waals surface area contributed by atoms with E-state index in [1.165, 1.54) is 0 Å². The molecule has 1 rings (SSSR count). The molecule has 1 aromatic rings. The molecule has 0 aliphatic rings. The third-order valence-electron chi connectivity index (χ3n) is 3.51. The minimum Gasteiger partial charge on any atom is -0.444 e. The van der Waals surface area contributed by atoms with E-state index in [4.69, 9.17) is 10.3 Å². The summed E-state index contributed by atoms with van der Waals surface area (Å²) in [6.07, 6.45) is 1.02. The van der Waals surface area contributed by atoms with Crippen LogP contribution in [0.3, 0.4) is 0 Å². The Kier molecular flexibility index (Phi) is 9.53. The summed E-state index contributed by atoms with van der Waals surface area (Å²) < 4.78 is 32.6. The molecule has 0 aromatic heterocycles. The number of nitrogens with zero attached hydrogens (tertiary/aromatic N) is 3. The molecule has 2 N–H and O–H groups in total. The SMILES string of the molecule is CC(C)(C)OC(=O)NC(CNCCCCN=[N+]=[N-])Cc1cc(F)ccc1F. The van der Waals surface area contributed by atoms with Crippen molar-refractivity contribution in [2.75, 3.05) is 19.6 Å². The number of benzene rings is 1. The van der Waals surface area contributed by atoms with Crippen molar-refractivity contribution in [3.63, 3.8) is 0 Å². The molecule has 0 spiro atoms. The van der Waals surface area contributed by atoms with E-state index >= 15 is 0 Å². The van der Waals surface area contributed by atoms with Crippen LogP contribution in [0, 0.1) is 11.6 Å². The Labute approximate surface area is 158 Å². The minimum atomic E-state index is -0.659. The van der Waals surface area contributed by atoms with Crippen molar-refractivity contribution >= 4 is 6.09 Å². The van der Waals surface area contributed by atoms with E-state index in [0.717, 1.165) is 31.0 Å². The number of hydrogen-bond acceptors (Lipinski definition) is 4. The zero-order valence-corrected chi connectivity index (χ0v) is 16.0. The first-order valence-electron chi connectivity index (χ1n) is 8.86. The van der Waals surface area contributed by atoms with Crippen molar-refractivity contribution in [2.24, 2.45) is 5.11 Å². The molecular formula is C18H27F2N5O2. The lowest BCUT2D eigenvalue weighted by Gasteiger charge is -2.24. The van der Waals surface area contributed by atoms with E-state index < -0.39 is 29.4 Å². The minimum absolute atomic E-state index is 0.120. The number of carbonyl (C=O) groups is 1. The van der Waals surface area contributed by atoms with Crippen LogP contribution in [0.2, 0.25) is 0 Å². The molecule has 0 saturated heterocycles. The number of amides is 1. The Bertz CT molecular complexity index is 658. The first-order chi connectivity index (χ1) is 12.7. The van der Waals surface area contributed by atoms with Crippen LogP contribution in [0.5, 0.6) is 0 Å². The van der Waals surface area contributed by atoms with Gasteiger partial charge in [-0.05, 0) is 75.9 Å². The van der Waals surface area contributed by atoms with Gasteiger partial charge < -0.3 is 15.4 Å². The number of azide groups is 1. The van der Waals surface area contributed by atoms with E-state index in [1.54, 1.807) is 20.8 Å². The van der Waals surface area contributed by atoms with E-state index in [-0.39, 0.29) is 12.0 Å². The molecule has 0 saturated carbocycles. The average Bonchev–Trinajstić information content (AvgIpc) is 2.55. The fourth-order valence-electron chi connectivity index (χ4n) is 2.37. The van der Waals surface area contributed by atoms with Crippen molar-refractivity contribution in [3.8, 4) is 0 Å². The van der Waals surface area contributed by atoms with Crippen LogP contribution in [-0.4, -0.2) is 37.4 Å². The number of nitrogens with one attached hydrogen (secondary N) is 2. The Hall–Kier alpha value is -2.38. The molecule has 0 bridgehead atoms. The molecule has 0 radical (unpaired) electrons. The standard InChI is InChI=1S/C18H27F2N5O2/c1-18(2,3)27-17(26)24-15(12-22-8-4-5-9-23-25-21)11-13-10-14(19)6-7-16(13)20/h6-7,10,15,22H,4-5,8-9,11-12H2,1-3H3,(H,24,26). The highest BCUT2D eigenvalue weighted by molar-refractivity contribution is 5.68. The van der Waals surface area contributed by atoms with Crippen molar-refractivity contribution in [3.05, 3.63) is 45.8 Å². The molecule has 1 unspecified atom stereocenters. The molecular weight excluding hydrogens is 356 g/mol. The first-order valence-corrected chi connectivity index (χ1v) is 8.86. The van der Waals surface area contributed by atoms with Crippen molar-refractivity contribution in [1.82, 2.24) is 10.6 Å². The maximum Gasteiger partial charge on any atom is 0.407 e. The Morgan fingerprint density at radius 2 is 2.07 bits per heavy atom. The maximum atomic E-state index is 13.9. The quantitative estimate of drug-likeness (QED) is 0.276. The van der Waals surface area contributed by atoms with Gasteiger partial charge in [0.15, 0.2) is 0 Å². The molecule has 1 amide bonds. The van der Waals surface area contributed by atoms with Crippen LogP contribution < -0.4 is 10.6 Å². The van der Waals surface area contributed by atoms with Gasteiger partial charge in [0, 0.05) is 24.0 Å².